The highest BCUT2D eigenvalue weighted by Gasteiger charge is 2.44. The van der Waals surface area contributed by atoms with Gasteiger partial charge in [-0.05, 0) is 43.7 Å². The third-order valence-electron chi connectivity index (χ3n) is 6.70. The van der Waals surface area contributed by atoms with Gasteiger partial charge in [0.05, 0.1) is 12.1 Å². The van der Waals surface area contributed by atoms with Crippen LogP contribution in [0.5, 0.6) is 0 Å². The van der Waals surface area contributed by atoms with E-state index in [9.17, 15) is 10.2 Å². The predicted octanol–water partition coefficient (Wildman–Crippen LogP) is 2.32. The van der Waals surface area contributed by atoms with E-state index in [2.05, 4.69) is 46.8 Å². The minimum Gasteiger partial charge on any atom is -0.390 e. The number of aromatic nitrogens is 5. The molecule has 33 heavy (non-hydrogen) atoms. The van der Waals surface area contributed by atoms with Gasteiger partial charge in [0, 0.05) is 17.7 Å². The number of rotatable bonds is 9. The Morgan fingerprint density at radius 3 is 2.73 bits per heavy atom. The van der Waals surface area contributed by atoms with Crippen molar-refractivity contribution in [2.24, 2.45) is 11.7 Å². The summed E-state index contributed by atoms with van der Waals surface area (Å²) in [6.45, 7) is 2.59. The quantitative estimate of drug-likeness (QED) is 0.275. The second kappa shape index (κ2) is 9.54. The van der Waals surface area contributed by atoms with Crippen LogP contribution in [0, 0.1) is 5.92 Å². The number of fused-ring (bicyclic) bond motifs is 1. The zero-order valence-electron chi connectivity index (χ0n) is 18.7. The molecule has 2 saturated carbocycles. The first kappa shape index (κ1) is 22.5. The first-order valence-corrected chi connectivity index (χ1v) is 12.7. The summed E-state index contributed by atoms with van der Waals surface area (Å²) < 4.78 is 1.67. The van der Waals surface area contributed by atoms with Gasteiger partial charge in [0.2, 0.25) is 0 Å². The number of benzene rings is 1. The van der Waals surface area contributed by atoms with Crippen LogP contribution in [-0.2, 0) is 0 Å². The van der Waals surface area contributed by atoms with Crippen molar-refractivity contribution >= 4 is 28.7 Å². The molecule has 0 radical (unpaired) electrons. The highest BCUT2D eigenvalue weighted by Crippen LogP contribution is 2.44. The molecule has 0 amide bonds. The van der Waals surface area contributed by atoms with E-state index in [0.29, 0.717) is 47.4 Å². The second-order valence-electron chi connectivity index (χ2n) is 9.03. The van der Waals surface area contributed by atoms with Crippen LogP contribution in [0.3, 0.4) is 0 Å². The maximum Gasteiger partial charge on any atom is 0.191 e. The number of hydrogen-bond donors (Lipinski definition) is 4. The number of nitrogens with two attached hydrogens (primary N) is 1. The molecule has 1 aromatic carbocycles. The summed E-state index contributed by atoms with van der Waals surface area (Å²) in [7, 11) is 0. The molecular weight excluding hydrogens is 438 g/mol. The SMILES string of the molecule is CCCSc1nc(NC2CC2c2ccccc2)c2nnn([C@@H]3C[C@H](CCN)[C@@H](O)[C@H]3O)c2n1. The first-order valence-electron chi connectivity index (χ1n) is 11.7. The molecule has 2 aliphatic rings. The van der Waals surface area contributed by atoms with Gasteiger partial charge in [-0.2, -0.15) is 0 Å². The van der Waals surface area contributed by atoms with Crippen molar-refractivity contribution in [1.29, 1.82) is 0 Å². The van der Waals surface area contributed by atoms with Crippen molar-refractivity contribution in [3.63, 3.8) is 0 Å². The van der Waals surface area contributed by atoms with Crippen LogP contribution < -0.4 is 11.1 Å². The van der Waals surface area contributed by atoms with Crippen molar-refractivity contribution in [2.75, 3.05) is 17.6 Å². The van der Waals surface area contributed by atoms with Crippen molar-refractivity contribution in [2.45, 2.75) is 68.0 Å². The molecule has 2 aromatic heterocycles. The lowest BCUT2D eigenvalue weighted by molar-refractivity contribution is 0.00392. The number of aliphatic hydroxyl groups is 2. The molecule has 5 N–H and O–H groups in total. The molecule has 2 fully saturated rings. The lowest BCUT2D eigenvalue weighted by Crippen LogP contribution is -2.30. The maximum absolute atomic E-state index is 10.7. The van der Waals surface area contributed by atoms with Gasteiger partial charge in [0.1, 0.15) is 6.10 Å². The molecule has 0 saturated heterocycles. The molecule has 2 aliphatic carbocycles. The van der Waals surface area contributed by atoms with Crippen molar-refractivity contribution < 1.29 is 10.2 Å². The minimum absolute atomic E-state index is 0.0688. The Hall–Kier alpha value is -2.27. The van der Waals surface area contributed by atoms with Gasteiger partial charge in [-0.15, -0.1) is 5.10 Å². The molecule has 2 unspecified atom stereocenters. The number of hydrogen-bond acceptors (Lipinski definition) is 9. The van der Waals surface area contributed by atoms with Crippen LogP contribution in [0.1, 0.15) is 50.1 Å². The Balaban J connectivity index is 1.45. The maximum atomic E-state index is 10.7. The zero-order valence-corrected chi connectivity index (χ0v) is 19.5. The summed E-state index contributed by atoms with van der Waals surface area (Å²) in [6, 6.07) is 10.4. The normalized spacial score (nSPS) is 29.0. The molecule has 176 valence electrons. The average molecular weight is 470 g/mol. The second-order valence-corrected chi connectivity index (χ2v) is 10.1. The number of aliphatic hydroxyl groups excluding tert-OH is 2. The van der Waals surface area contributed by atoms with E-state index in [1.165, 1.54) is 5.56 Å². The lowest BCUT2D eigenvalue weighted by atomic mass is 10.0. The zero-order chi connectivity index (χ0) is 22.9. The molecule has 9 nitrogen and oxygen atoms in total. The van der Waals surface area contributed by atoms with Gasteiger partial charge in [0.25, 0.3) is 0 Å². The Labute approximate surface area is 197 Å². The molecule has 10 heteroatoms. The van der Waals surface area contributed by atoms with Gasteiger partial charge in [0.15, 0.2) is 22.1 Å². The minimum atomic E-state index is -0.935. The monoisotopic (exact) mass is 469 g/mol. The first-order chi connectivity index (χ1) is 16.1. The van der Waals surface area contributed by atoms with E-state index >= 15 is 0 Å². The molecule has 3 aromatic rings. The van der Waals surface area contributed by atoms with Gasteiger partial charge in [-0.3, -0.25) is 0 Å². The fourth-order valence-corrected chi connectivity index (χ4v) is 5.53. The van der Waals surface area contributed by atoms with E-state index in [0.717, 1.165) is 18.6 Å². The van der Waals surface area contributed by atoms with Crippen LogP contribution in [0.2, 0.25) is 0 Å². The van der Waals surface area contributed by atoms with E-state index in [-0.39, 0.29) is 12.0 Å². The van der Waals surface area contributed by atoms with Gasteiger partial charge >= 0.3 is 0 Å². The van der Waals surface area contributed by atoms with Crippen LogP contribution >= 0.6 is 11.8 Å². The number of nitrogens with zero attached hydrogens (tertiary/aromatic N) is 5. The Morgan fingerprint density at radius 1 is 1.15 bits per heavy atom. The summed E-state index contributed by atoms with van der Waals surface area (Å²) in [5.41, 5.74) is 8.21. The molecule has 2 heterocycles. The molecule has 5 rings (SSSR count). The van der Waals surface area contributed by atoms with Gasteiger partial charge < -0.3 is 21.3 Å². The summed E-state index contributed by atoms with van der Waals surface area (Å²) >= 11 is 1.60. The molecule has 0 bridgehead atoms. The Bertz CT molecular complexity index is 1100. The van der Waals surface area contributed by atoms with Gasteiger partial charge in [-0.1, -0.05) is 54.2 Å². The topological polar surface area (TPSA) is 135 Å². The molecule has 6 atom stereocenters. The molecular formula is C23H31N7O2S. The molecule has 0 spiro atoms. The van der Waals surface area contributed by atoms with E-state index in [1.54, 1.807) is 16.4 Å². The van der Waals surface area contributed by atoms with E-state index in [4.69, 9.17) is 15.7 Å². The highest BCUT2D eigenvalue weighted by molar-refractivity contribution is 7.99. The van der Waals surface area contributed by atoms with Crippen LogP contribution in [0.4, 0.5) is 5.82 Å². The van der Waals surface area contributed by atoms with Crippen LogP contribution in [0.25, 0.3) is 11.2 Å². The average Bonchev–Trinajstić information content (AvgIpc) is 3.39. The summed E-state index contributed by atoms with van der Waals surface area (Å²) in [5.74, 6) is 1.97. The standard InChI is InChI=1S/C23H31N7O2S/c1-2-10-33-23-26-21(25-16-12-15(16)13-6-4-3-5-7-13)18-22(27-23)30(29-28-18)17-11-14(8-9-24)19(31)20(17)32/h3-7,14-17,19-20,31-32H,2,8-12,24H2,1H3,(H,25,26,27)/t14-,15?,16?,17+,19+,20-/m0/s1. The Morgan fingerprint density at radius 2 is 1.97 bits per heavy atom. The van der Waals surface area contributed by atoms with Crippen molar-refractivity contribution in [1.82, 2.24) is 25.0 Å². The Kier molecular flexibility index (Phi) is 6.51. The fourth-order valence-electron chi connectivity index (χ4n) is 4.83. The predicted molar refractivity (Wildman–Crippen MR) is 128 cm³/mol. The van der Waals surface area contributed by atoms with Crippen molar-refractivity contribution in [3.05, 3.63) is 35.9 Å². The summed E-state index contributed by atoms with van der Waals surface area (Å²) in [4.78, 5) is 9.51. The third kappa shape index (κ3) is 4.44. The number of anilines is 1. The van der Waals surface area contributed by atoms with Crippen LogP contribution in [-0.4, -0.2) is 65.7 Å². The summed E-state index contributed by atoms with van der Waals surface area (Å²) in [6.07, 6.45) is 1.53. The fraction of sp³-hybridized carbons (Fsp3) is 0.565. The third-order valence-corrected chi connectivity index (χ3v) is 7.75. The van der Waals surface area contributed by atoms with Crippen LogP contribution in [0.15, 0.2) is 35.5 Å². The lowest BCUT2D eigenvalue weighted by Gasteiger charge is -2.17. The van der Waals surface area contributed by atoms with Gasteiger partial charge in [-0.25, -0.2) is 14.6 Å². The number of nitrogens with one attached hydrogen (secondary N) is 1. The summed E-state index contributed by atoms with van der Waals surface area (Å²) in [5, 5.41) is 34.2. The smallest absolute Gasteiger partial charge is 0.191 e. The van der Waals surface area contributed by atoms with E-state index < -0.39 is 18.2 Å². The van der Waals surface area contributed by atoms with Crippen molar-refractivity contribution in [3.8, 4) is 0 Å². The molecule has 0 aliphatic heterocycles. The largest absolute Gasteiger partial charge is 0.390 e. The number of thioether (sulfide) groups is 1. The highest BCUT2D eigenvalue weighted by atomic mass is 32.2. The van der Waals surface area contributed by atoms with E-state index in [1.807, 2.05) is 6.07 Å².